The van der Waals surface area contributed by atoms with Gasteiger partial charge in [-0.25, -0.2) is 4.79 Å². The van der Waals surface area contributed by atoms with Crippen molar-refractivity contribution in [1.29, 1.82) is 0 Å². The van der Waals surface area contributed by atoms with Gasteiger partial charge in [0.2, 0.25) is 0 Å². The van der Waals surface area contributed by atoms with Crippen LogP contribution in [0.5, 0.6) is 0 Å². The monoisotopic (exact) mass is 292 g/mol. The first-order chi connectivity index (χ1) is 10.1. The lowest BCUT2D eigenvalue weighted by atomic mass is 9.85. The predicted molar refractivity (Wildman–Crippen MR) is 86.5 cm³/mol. The minimum absolute atomic E-state index is 0.588. The Balaban J connectivity index is 2.89. The summed E-state index contributed by atoms with van der Waals surface area (Å²) in [6, 6.07) is 9.50. The second-order valence-electron chi connectivity index (χ2n) is 5.28. The molecular formula is C17H28N2O2. The normalized spacial score (nSPS) is 14.1. The van der Waals surface area contributed by atoms with E-state index in [-0.39, 0.29) is 0 Å². The van der Waals surface area contributed by atoms with Crippen molar-refractivity contribution in [2.45, 2.75) is 39.2 Å². The Morgan fingerprint density at radius 3 is 2.29 bits per heavy atom. The highest BCUT2D eigenvalue weighted by molar-refractivity contribution is 5.80. The largest absolute Gasteiger partial charge is 0.480 e. The lowest BCUT2D eigenvalue weighted by Crippen LogP contribution is -2.51. The lowest BCUT2D eigenvalue weighted by Gasteiger charge is -2.32. The van der Waals surface area contributed by atoms with Gasteiger partial charge in [0.25, 0.3) is 0 Å². The molecule has 0 heterocycles. The summed E-state index contributed by atoms with van der Waals surface area (Å²) in [6.07, 6.45) is 1.41. The van der Waals surface area contributed by atoms with Gasteiger partial charge in [0, 0.05) is 13.1 Å². The molecule has 0 spiro atoms. The van der Waals surface area contributed by atoms with Crippen LogP contribution in [0, 0.1) is 0 Å². The minimum Gasteiger partial charge on any atom is -0.480 e. The van der Waals surface area contributed by atoms with Crippen LogP contribution in [0.1, 0.15) is 39.2 Å². The first kappa shape index (κ1) is 17.7. The molecule has 1 aromatic rings. The third-order valence-electron chi connectivity index (χ3n) is 4.01. The smallest absolute Gasteiger partial charge is 0.328 e. The van der Waals surface area contributed by atoms with Crippen molar-refractivity contribution in [3.05, 3.63) is 35.9 Å². The van der Waals surface area contributed by atoms with Crippen LogP contribution in [0.15, 0.2) is 30.3 Å². The number of carboxylic acid groups (broad SMARTS) is 1. The van der Waals surface area contributed by atoms with Crippen molar-refractivity contribution >= 4 is 5.97 Å². The molecule has 0 aliphatic carbocycles. The average molecular weight is 292 g/mol. The fourth-order valence-electron chi connectivity index (χ4n) is 2.71. The van der Waals surface area contributed by atoms with Gasteiger partial charge in [-0.2, -0.15) is 0 Å². The Kier molecular flexibility index (Phi) is 7.40. The molecule has 0 aromatic heterocycles. The summed E-state index contributed by atoms with van der Waals surface area (Å²) in [5.74, 6) is -0.796. The van der Waals surface area contributed by atoms with E-state index in [2.05, 4.69) is 24.1 Å². The number of rotatable bonds is 10. The topological polar surface area (TPSA) is 52.6 Å². The van der Waals surface area contributed by atoms with Gasteiger partial charge in [0.1, 0.15) is 5.54 Å². The Morgan fingerprint density at radius 2 is 1.81 bits per heavy atom. The molecule has 0 aliphatic rings. The summed E-state index contributed by atoms with van der Waals surface area (Å²) in [5.41, 5.74) is -0.151. The van der Waals surface area contributed by atoms with Crippen LogP contribution in [0.25, 0.3) is 0 Å². The number of carboxylic acids is 1. The van der Waals surface area contributed by atoms with Gasteiger partial charge in [0.05, 0.1) is 0 Å². The summed E-state index contributed by atoms with van der Waals surface area (Å²) >= 11 is 0. The van der Waals surface area contributed by atoms with Gasteiger partial charge < -0.3 is 10.0 Å². The molecule has 1 unspecified atom stereocenters. The van der Waals surface area contributed by atoms with Crippen LogP contribution in [-0.4, -0.2) is 42.2 Å². The van der Waals surface area contributed by atoms with Crippen molar-refractivity contribution in [3.8, 4) is 0 Å². The van der Waals surface area contributed by atoms with Gasteiger partial charge >= 0.3 is 5.97 Å². The van der Waals surface area contributed by atoms with Crippen molar-refractivity contribution in [2.75, 3.05) is 26.2 Å². The standard InChI is InChI=1S/C17H28N2O2/c1-4-12-17(16(20)21,15-10-8-7-9-11-15)18-13-14-19(5-2)6-3/h7-11,18H,4-6,12-14H2,1-3H3,(H,20,21). The van der Waals surface area contributed by atoms with E-state index in [0.717, 1.165) is 31.6 Å². The maximum Gasteiger partial charge on any atom is 0.328 e. The molecule has 2 N–H and O–H groups in total. The zero-order valence-corrected chi connectivity index (χ0v) is 13.4. The molecule has 4 nitrogen and oxygen atoms in total. The quantitative estimate of drug-likeness (QED) is 0.696. The first-order valence-electron chi connectivity index (χ1n) is 7.87. The third kappa shape index (κ3) is 4.55. The first-order valence-corrected chi connectivity index (χ1v) is 7.87. The molecule has 118 valence electrons. The van der Waals surface area contributed by atoms with Crippen LogP contribution in [0.2, 0.25) is 0 Å². The van der Waals surface area contributed by atoms with Gasteiger partial charge in [-0.3, -0.25) is 5.32 Å². The van der Waals surface area contributed by atoms with Crippen LogP contribution in [-0.2, 0) is 10.3 Å². The lowest BCUT2D eigenvalue weighted by molar-refractivity contribution is -0.145. The third-order valence-corrected chi connectivity index (χ3v) is 4.01. The van der Waals surface area contributed by atoms with Crippen LogP contribution >= 0.6 is 0 Å². The van der Waals surface area contributed by atoms with Gasteiger partial charge in [-0.05, 0) is 25.1 Å². The maximum atomic E-state index is 12.0. The van der Waals surface area contributed by atoms with Crippen molar-refractivity contribution in [1.82, 2.24) is 10.2 Å². The fourth-order valence-corrected chi connectivity index (χ4v) is 2.71. The summed E-state index contributed by atoms with van der Waals surface area (Å²) < 4.78 is 0. The summed E-state index contributed by atoms with van der Waals surface area (Å²) in [5, 5.41) is 13.1. The Hall–Kier alpha value is -1.39. The number of hydrogen-bond acceptors (Lipinski definition) is 3. The molecule has 0 saturated carbocycles. The van der Waals surface area contributed by atoms with Gasteiger partial charge in [-0.15, -0.1) is 0 Å². The number of nitrogens with zero attached hydrogens (tertiary/aromatic N) is 1. The Morgan fingerprint density at radius 1 is 1.19 bits per heavy atom. The van der Waals surface area contributed by atoms with E-state index >= 15 is 0 Å². The fraction of sp³-hybridized carbons (Fsp3) is 0.588. The number of carbonyl (C=O) groups is 1. The van der Waals surface area contributed by atoms with Gasteiger partial charge in [-0.1, -0.05) is 57.5 Å². The number of likely N-dealkylation sites (N-methyl/N-ethyl adjacent to an activating group) is 1. The number of nitrogens with one attached hydrogen (secondary N) is 1. The maximum absolute atomic E-state index is 12.0. The van der Waals surface area contributed by atoms with Crippen molar-refractivity contribution in [3.63, 3.8) is 0 Å². The van der Waals surface area contributed by atoms with E-state index in [1.54, 1.807) is 0 Å². The molecule has 0 fully saturated rings. The Bertz CT molecular complexity index is 418. The van der Waals surface area contributed by atoms with E-state index in [0.29, 0.717) is 13.0 Å². The van der Waals surface area contributed by atoms with Crippen LogP contribution in [0.3, 0.4) is 0 Å². The van der Waals surface area contributed by atoms with E-state index in [1.807, 2.05) is 37.3 Å². The molecule has 0 radical (unpaired) electrons. The molecule has 21 heavy (non-hydrogen) atoms. The molecule has 1 rings (SSSR count). The van der Waals surface area contributed by atoms with Gasteiger partial charge in [0.15, 0.2) is 0 Å². The molecule has 0 bridgehead atoms. The SMILES string of the molecule is CCCC(NCCN(CC)CC)(C(=O)O)c1ccccc1. The van der Waals surface area contributed by atoms with E-state index in [4.69, 9.17) is 0 Å². The summed E-state index contributed by atoms with van der Waals surface area (Å²) in [6.45, 7) is 9.76. The summed E-state index contributed by atoms with van der Waals surface area (Å²) in [4.78, 5) is 14.2. The molecule has 0 aliphatic heterocycles. The average Bonchev–Trinajstić information content (AvgIpc) is 2.51. The summed E-state index contributed by atoms with van der Waals surface area (Å²) in [7, 11) is 0. The molecule has 1 aromatic carbocycles. The molecule has 4 heteroatoms. The second kappa shape index (κ2) is 8.80. The van der Waals surface area contributed by atoms with Crippen LogP contribution < -0.4 is 5.32 Å². The van der Waals surface area contributed by atoms with Crippen molar-refractivity contribution in [2.24, 2.45) is 0 Å². The highest BCUT2D eigenvalue weighted by atomic mass is 16.4. The highest BCUT2D eigenvalue weighted by Crippen LogP contribution is 2.27. The zero-order chi connectivity index (χ0) is 15.7. The minimum atomic E-state index is -0.983. The van der Waals surface area contributed by atoms with Crippen LogP contribution in [0.4, 0.5) is 0 Å². The van der Waals surface area contributed by atoms with E-state index < -0.39 is 11.5 Å². The molecule has 1 atom stereocenters. The highest BCUT2D eigenvalue weighted by Gasteiger charge is 2.38. The predicted octanol–water partition coefficient (Wildman–Crippen LogP) is 2.70. The second-order valence-corrected chi connectivity index (χ2v) is 5.28. The number of aliphatic carboxylic acids is 1. The van der Waals surface area contributed by atoms with E-state index in [1.165, 1.54) is 0 Å². The zero-order valence-electron chi connectivity index (χ0n) is 13.4. The van der Waals surface area contributed by atoms with E-state index in [9.17, 15) is 9.90 Å². The molecule has 0 saturated heterocycles. The molecular weight excluding hydrogens is 264 g/mol. The Labute approximate surface area is 128 Å². The number of hydrogen-bond donors (Lipinski definition) is 2. The number of benzene rings is 1. The van der Waals surface area contributed by atoms with Crippen molar-refractivity contribution < 1.29 is 9.90 Å². The molecule has 0 amide bonds.